The van der Waals surface area contributed by atoms with Crippen molar-refractivity contribution in [3.05, 3.63) is 83.6 Å². The summed E-state index contributed by atoms with van der Waals surface area (Å²) in [7, 11) is 0. The number of carbonyl (C=O) groups is 1. The van der Waals surface area contributed by atoms with Gasteiger partial charge in [0.05, 0.1) is 16.9 Å². The number of pyridine rings is 1. The van der Waals surface area contributed by atoms with Crippen LogP contribution in [-0.2, 0) is 0 Å². The molecule has 4 nitrogen and oxygen atoms in total. The van der Waals surface area contributed by atoms with Gasteiger partial charge in [0.25, 0.3) is 5.91 Å². The highest BCUT2D eigenvalue weighted by Gasteiger charge is 2.14. The molecule has 1 heterocycles. The van der Waals surface area contributed by atoms with Crippen LogP contribution in [-0.4, -0.2) is 10.9 Å². The second kappa shape index (κ2) is 7.22. The Kier molecular flexibility index (Phi) is 4.83. The van der Waals surface area contributed by atoms with E-state index in [1.165, 1.54) is 36.5 Å². The monoisotopic (exact) mass is 361 g/mol. The zero-order valence-corrected chi connectivity index (χ0v) is 13.1. The van der Waals surface area contributed by atoms with Gasteiger partial charge >= 0.3 is 0 Å². The molecule has 0 radical (unpaired) electrons. The van der Waals surface area contributed by atoms with Crippen LogP contribution >= 0.6 is 0 Å². The third-order valence-corrected chi connectivity index (χ3v) is 3.45. The zero-order valence-electron chi connectivity index (χ0n) is 13.1. The average molecular weight is 361 g/mol. The standard InChI is InChI=1S/C18H11F4N3O/c19-11-3-1-2-4-13(11)25-18(26)10-5-8-15(23-9-10)24-14-7-6-12(20)16(21)17(14)22/h1-9H,(H,23,24)(H,25,26). The SMILES string of the molecule is O=C(Nc1ccccc1F)c1ccc(Nc2ccc(F)c(F)c2F)nc1. The van der Waals surface area contributed by atoms with Crippen LogP contribution < -0.4 is 10.6 Å². The number of hydrogen-bond acceptors (Lipinski definition) is 3. The molecule has 0 aliphatic rings. The largest absolute Gasteiger partial charge is 0.338 e. The van der Waals surface area contributed by atoms with Gasteiger partial charge in [0.2, 0.25) is 0 Å². The van der Waals surface area contributed by atoms with E-state index < -0.39 is 29.2 Å². The molecule has 2 N–H and O–H groups in total. The maximum atomic E-state index is 13.6. The molecule has 0 atom stereocenters. The number of rotatable bonds is 4. The number of nitrogens with one attached hydrogen (secondary N) is 2. The predicted molar refractivity (Wildman–Crippen MR) is 88.2 cm³/mol. The van der Waals surface area contributed by atoms with Crippen molar-refractivity contribution in [3.63, 3.8) is 0 Å². The smallest absolute Gasteiger partial charge is 0.257 e. The van der Waals surface area contributed by atoms with Crippen LogP contribution in [0.5, 0.6) is 0 Å². The van der Waals surface area contributed by atoms with E-state index in [2.05, 4.69) is 15.6 Å². The molecule has 0 unspecified atom stereocenters. The van der Waals surface area contributed by atoms with Crippen LogP contribution in [0, 0.1) is 23.3 Å². The summed E-state index contributed by atoms with van der Waals surface area (Å²) >= 11 is 0. The molecule has 1 amide bonds. The first-order chi connectivity index (χ1) is 12.5. The van der Waals surface area contributed by atoms with Crippen molar-refractivity contribution in [2.45, 2.75) is 0 Å². The molecule has 1 aromatic heterocycles. The maximum absolute atomic E-state index is 13.6. The molecule has 0 spiro atoms. The molecule has 2 aromatic carbocycles. The van der Waals surface area contributed by atoms with E-state index in [0.717, 1.165) is 12.1 Å². The summed E-state index contributed by atoms with van der Waals surface area (Å²) in [6.07, 6.45) is 1.18. The third-order valence-electron chi connectivity index (χ3n) is 3.45. The van der Waals surface area contributed by atoms with E-state index in [0.29, 0.717) is 0 Å². The van der Waals surface area contributed by atoms with Gasteiger partial charge in [0.1, 0.15) is 11.6 Å². The summed E-state index contributed by atoms with van der Waals surface area (Å²) in [5.41, 5.74) is -0.159. The summed E-state index contributed by atoms with van der Waals surface area (Å²) in [5.74, 6) is -5.35. The van der Waals surface area contributed by atoms with Crippen LogP contribution in [0.25, 0.3) is 0 Å². The van der Waals surface area contributed by atoms with Gasteiger partial charge in [-0.2, -0.15) is 0 Å². The van der Waals surface area contributed by atoms with Gasteiger partial charge in [0, 0.05) is 6.20 Å². The van der Waals surface area contributed by atoms with E-state index in [-0.39, 0.29) is 22.8 Å². The van der Waals surface area contributed by atoms with Crippen molar-refractivity contribution in [3.8, 4) is 0 Å². The predicted octanol–water partition coefficient (Wildman–Crippen LogP) is 4.63. The number of benzene rings is 2. The molecule has 8 heteroatoms. The first kappa shape index (κ1) is 17.4. The number of anilines is 3. The van der Waals surface area contributed by atoms with Crippen molar-refractivity contribution in [1.82, 2.24) is 4.98 Å². The average Bonchev–Trinajstić information content (AvgIpc) is 2.64. The molecule has 3 aromatic rings. The lowest BCUT2D eigenvalue weighted by atomic mass is 10.2. The third kappa shape index (κ3) is 3.64. The summed E-state index contributed by atoms with van der Waals surface area (Å²) < 4.78 is 53.3. The molecular formula is C18H11F4N3O. The van der Waals surface area contributed by atoms with Gasteiger partial charge < -0.3 is 10.6 Å². The highest BCUT2D eigenvalue weighted by atomic mass is 19.2. The highest BCUT2D eigenvalue weighted by Crippen LogP contribution is 2.23. The molecule has 132 valence electrons. The number of halogens is 4. The van der Waals surface area contributed by atoms with Gasteiger partial charge in [-0.1, -0.05) is 12.1 Å². The molecule has 26 heavy (non-hydrogen) atoms. The topological polar surface area (TPSA) is 54.0 Å². The van der Waals surface area contributed by atoms with Gasteiger partial charge in [-0.25, -0.2) is 22.5 Å². The minimum Gasteiger partial charge on any atom is -0.338 e. The number of aromatic nitrogens is 1. The Morgan fingerprint density at radius 3 is 2.27 bits per heavy atom. The van der Waals surface area contributed by atoms with Crippen molar-refractivity contribution in [2.24, 2.45) is 0 Å². The second-order valence-corrected chi connectivity index (χ2v) is 5.21. The highest BCUT2D eigenvalue weighted by molar-refractivity contribution is 6.04. The van der Waals surface area contributed by atoms with Gasteiger partial charge in [-0.3, -0.25) is 4.79 Å². The van der Waals surface area contributed by atoms with E-state index in [1.54, 1.807) is 6.07 Å². The van der Waals surface area contributed by atoms with Gasteiger partial charge in [-0.15, -0.1) is 0 Å². The fraction of sp³-hybridized carbons (Fsp3) is 0. The fourth-order valence-corrected chi connectivity index (χ4v) is 2.12. The van der Waals surface area contributed by atoms with Crippen LogP contribution in [0.15, 0.2) is 54.7 Å². The molecule has 0 aliphatic heterocycles. The van der Waals surface area contributed by atoms with Crippen LogP contribution in [0.2, 0.25) is 0 Å². The number of hydrogen-bond donors (Lipinski definition) is 2. The van der Waals surface area contributed by atoms with E-state index >= 15 is 0 Å². The lowest BCUT2D eigenvalue weighted by molar-refractivity contribution is 0.102. The first-order valence-corrected chi connectivity index (χ1v) is 7.38. The second-order valence-electron chi connectivity index (χ2n) is 5.21. The number of nitrogens with zero attached hydrogens (tertiary/aromatic N) is 1. The Bertz CT molecular complexity index is 961. The normalized spacial score (nSPS) is 10.5. The zero-order chi connectivity index (χ0) is 18.7. The fourth-order valence-electron chi connectivity index (χ4n) is 2.12. The molecule has 0 aliphatic carbocycles. The van der Waals surface area contributed by atoms with Crippen molar-refractivity contribution in [1.29, 1.82) is 0 Å². The van der Waals surface area contributed by atoms with E-state index in [9.17, 15) is 22.4 Å². The molecule has 0 saturated heterocycles. The number of amides is 1. The van der Waals surface area contributed by atoms with E-state index in [4.69, 9.17) is 0 Å². The Morgan fingerprint density at radius 1 is 0.808 bits per heavy atom. The van der Waals surface area contributed by atoms with Gasteiger partial charge in [0.15, 0.2) is 17.5 Å². The Balaban J connectivity index is 1.73. The minimum absolute atomic E-state index is 0.0172. The Morgan fingerprint density at radius 2 is 1.58 bits per heavy atom. The Hall–Kier alpha value is -3.42. The quantitative estimate of drug-likeness (QED) is 0.526. The first-order valence-electron chi connectivity index (χ1n) is 7.38. The lowest BCUT2D eigenvalue weighted by Gasteiger charge is -2.09. The molecule has 0 fully saturated rings. The van der Waals surface area contributed by atoms with Crippen molar-refractivity contribution in [2.75, 3.05) is 10.6 Å². The molecular weight excluding hydrogens is 350 g/mol. The molecule has 0 saturated carbocycles. The van der Waals surface area contributed by atoms with Crippen LogP contribution in [0.4, 0.5) is 34.8 Å². The summed E-state index contributed by atoms with van der Waals surface area (Å²) in [6, 6.07) is 10.2. The molecule has 0 bridgehead atoms. The van der Waals surface area contributed by atoms with E-state index in [1.807, 2.05) is 0 Å². The Labute approximate surface area is 145 Å². The molecule has 3 rings (SSSR count). The van der Waals surface area contributed by atoms with Crippen LogP contribution in [0.3, 0.4) is 0 Å². The summed E-state index contributed by atoms with van der Waals surface area (Å²) in [6.45, 7) is 0. The van der Waals surface area contributed by atoms with Gasteiger partial charge in [-0.05, 0) is 36.4 Å². The summed E-state index contributed by atoms with van der Waals surface area (Å²) in [5, 5.41) is 4.87. The minimum atomic E-state index is -1.60. The van der Waals surface area contributed by atoms with Crippen molar-refractivity contribution < 1.29 is 22.4 Å². The number of para-hydroxylation sites is 1. The lowest BCUT2D eigenvalue weighted by Crippen LogP contribution is -2.13. The van der Waals surface area contributed by atoms with Crippen molar-refractivity contribution >= 4 is 23.1 Å². The number of carbonyl (C=O) groups excluding carboxylic acids is 1. The summed E-state index contributed by atoms with van der Waals surface area (Å²) in [4.78, 5) is 16.0. The van der Waals surface area contributed by atoms with Crippen LogP contribution in [0.1, 0.15) is 10.4 Å². The maximum Gasteiger partial charge on any atom is 0.257 e.